The lowest BCUT2D eigenvalue weighted by Crippen LogP contribution is -2.33. The molecule has 0 saturated carbocycles. The van der Waals surface area contributed by atoms with Crippen LogP contribution in [0.3, 0.4) is 0 Å². The number of hydrogen-bond acceptors (Lipinski definition) is 6. The van der Waals surface area contributed by atoms with Gasteiger partial charge >= 0.3 is 6.09 Å². The first-order valence-electron chi connectivity index (χ1n) is 10.1. The van der Waals surface area contributed by atoms with Crippen molar-refractivity contribution in [2.24, 2.45) is 0 Å². The number of alkyl carbamates (subject to hydrolysis) is 1. The first kappa shape index (κ1) is 23.6. The minimum atomic E-state index is -3.99. The molecule has 0 aliphatic carbocycles. The number of methoxy groups -OCH3 is 1. The summed E-state index contributed by atoms with van der Waals surface area (Å²) in [6.45, 7) is 6.77. The average molecular weight is 461 g/mol. The van der Waals surface area contributed by atoms with Crippen LogP contribution in [0, 0.1) is 6.92 Å². The van der Waals surface area contributed by atoms with Crippen molar-refractivity contribution < 1.29 is 27.8 Å². The number of benzene rings is 2. The normalized spacial score (nSPS) is 12.1. The van der Waals surface area contributed by atoms with Crippen LogP contribution < -0.4 is 10.1 Å². The Labute approximate surface area is 187 Å². The van der Waals surface area contributed by atoms with E-state index in [0.717, 1.165) is 5.56 Å². The molecule has 0 atom stereocenters. The average Bonchev–Trinajstić information content (AvgIpc) is 3.08. The van der Waals surface area contributed by atoms with Gasteiger partial charge in [0.15, 0.2) is 0 Å². The van der Waals surface area contributed by atoms with Gasteiger partial charge in [0, 0.05) is 17.0 Å². The van der Waals surface area contributed by atoms with Crippen molar-refractivity contribution in [1.29, 1.82) is 0 Å². The summed E-state index contributed by atoms with van der Waals surface area (Å²) >= 11 is 0. The molecule has 1 aromatic heterocycles. The number of hydrogen-bond donors (Lipinski definition) is 2. The van der Waals surface area contributed by atoms with E-state index in [9.17, 15) is 18.3 Å². The van der Waals surface area contributed by atoms with Gasteiger partial charge in [-0.25, -0.2) is 17.2 Å². The number of aryl methyl sites for hydroxylation is 1. The molecule has 1 amide bonds. The number of fused-ring (bicyclic) bond motifs is 1. The second-order valence-electron chi connectivity index (χ2n) is 8.45. The highest BCUT2D eigenvalue weighted by Gasteiger charge is 2.25. The van der Waals surface area contributed by atoms with E-state index in [1.165, 1.54) is 11.1 Å². The topological polar surface area (TPSA) is 107 Å². The number of amides is 1. The molecule has 32 heavy (non-hydrogen) atoms. The van der Waals surface area contributed by atoms with Gasteiger partial charge < -0.3 is 19.9 Å². The van der Waals surface area contributed by atoms with E-state index in [0.29, 0.717) is 27.9 Å². The van der Waals surface area contributed by atoms with Crippen LogP contribution in [0.2, 0.25) is 0 Å². The molecular formula is C23H28N2O6S. The van der Waals surface area contributed by atoms with Crippen LogP contribution in [0.25, 0.3) is 10.9 Å². The minimum absolute atomic E-state index is 0.0779. The number of carbonyl (C=O) groups excluding carboxylic acids is 1. The predicted molar refractivity (Wildman–Crippen MR) is 121 cm³/mol. The maximum Gasteiger partial charge on any atom is 0.407 e. The fraction of sp³-hybridized carbons (Fsp3) is 0.348. The molecule has 1 heterocycles. The highest BCUT2D eigenvalue weighted by Crippen LogP contribution is 2.32. The van der Waals surface area contributed by atoms with E-state index in [1.807, 2.05) is 6.92 Å². The Morgan fingerprint density at radius 1 is 1.12 bits per heavy atom. The Morgan fingerprint density at radius 3 is 2.34 bits per heavy atom. The summed E-state index contributed by atoms with van der Waals surface area (Å²) in [5.74, 6) is 0.366. The Morgan fingerprint density at radius 2 is 1.78 bits per heavy atom. The molecule has 0 saturated heterocycles. The van der Waals surface area contributed by atoms with E-state index >= 15 is 0 Å². The lowest BCUT2D eigenvalue weighted by Gasteiger charge is -2.20. The zero-order valence-corrected chi connectivity index (χ0v) is 19.6. The van der Waals surface area contributed by atoms with Gasteiger partial charge in [-0.1, -0.05) is 17.7 Å². The Bertz CT molecular complexity index is 1240. The zero-order valence-electron chi connectivity index (χ0n) is 18.8. The van der Waals surface area contributed by atoms with Crippen LogP contribution in [0.4, 0.5) is 4.79 Å². The van der Waals surface area contributed by atoms with E-state index < -0.39 is 21.7 Å². The molecule has 8 nitrogen and oxygen atoms in total. The largest absolute Gasteiger partial charge is 0.496 e. The summed E-state index contributed by atoms with van der Waals surface area (Å²) in [6, 6.07) is 11.4. The SMILES string of the molecule is COc1cc2c(cc1CO)cc(CNC(=O)OC(C)(C)C)n2S(=O)(=O)c1ccc(C)cc1. The molecule has 2 N–H and O–H groups in total. The number of aromatic nitrogens is 1. The van der Waals surface area contributed by atoms with Crippen molar-refractivity contribution in [1.82, 2.24) is 9.29 Å². The summed E-state index contributed by atoms with van der Waals surface area (Å²) < 4.78 is 39.0. The molecule has 0 unspecified atom stereocenters. The maximum atomic E-state index is 13.6. The number of aliphatic hydroxyl groups excluding tert-OH is 1. The third kappa shape index (κ3) is 4.89. The molecule has 0 radical (unpaired) electrons. The monoisotopic (exact) mass is 460 g/mol. The van der Waals surface area contributed by atoms with Crippen LogP contribution in [-0.4, -0.2) is 36.3 Å². The highest BCUT2D eigenvalue weighted by molar-refractivity contribution is 7.90. The van der Waals surface area contributed by atoms with Crippen LogP contribution >= 0.6 is 0 Å². The molecule has 3 aromatic rings. The van der Waals surface area contributed by atoms with E-state index in [1.54, 1.807) is 63.2 Å². The Hall–Kier alpha value is -3.04. The molecule has 0 bridgehead atoms. The van der Waals surface area contributed by atoms with Crippen LogP contribution in [0.15, 0.2) is 47.4 Å². The summed E-state index contributed by atoms with van der Waals surface area (Å²) in [6.07, 6.45) is -0.657. The van der Waals surface area contributed by atoms with Gasteiger partial charge in [-0.15, -0.1) is 0 Å². The van der Waals surface area contributed by atoms with Crippen LogP contribution in [0.1, 0.15) is 37.6 Å². The fourth-order valence-electron chi connectivity index (χ4n) is 3.33. The molecular weight excluding hydrogens is 432 g/mol. The van der Waals surface area contributed by atoms with Crippen molar-refractivity contribution >= 4 is 27.0 Å². The van der Waals surface area contributed by atoms with Crippen molar-refractivity contribution in [3.05, 3.63) is 59.3 Å². The molecule has 0 fully saturated rings. The van der Waals surface area contributed by atoms with E-state index in [2.05, 4.69) is 5.32 Å². The number of aliphatic hydroxyl groups is 1. The van der Waals surface area contributed by atoms with E-state index in [4.69, 9.17) is 9.47 Å². The van der Waals surface area contributed by atoms with Gasteiger partial charge in [-0.2, -0.15) is 0 Å². The lowest BCUT2D eigenvalue weighted by molar-refractivity contribution is 0.0522. The lowest BCUT2D eigenvalue weighted by atomic mass is 10.1. The number of nitrogens with one attached hydrogen (secondary N) is 1. The molecule has 9 heteroatoms. The number of nitrogens with zero attached hydrogens (tertiary/aromatic N) is 1. The Balaban J connectivity index is 2.15. The van der Waals surface area contributed by atoms with Crippen LogP contribution in [-0.2, 0) is 27.9 Å². The second kappa shape index (κ2) is 8.84. The van der Waals surface area contributed by atoms with Gasteiger partial charge in [0.05, 0.1) is 36.4 Å². The molecule has 2 aromatic carbocycles. The zero-order chi connectivity index (χ0) is 23.7. The molecule has 3 rings (SSSR count). The second-order valence-corrected chi connectivity index (χ2v) is 10.2. The first-order valence-corrected chi connectivity index (χ1v) is 11.5. The summed E-state index contributed by atoms with van der Waals surface area (Å²) in [5, 5.41) is 12.9. The van der Waals surface area contributed by atoms with Crippen molar-refractivity contribution in [3.8, 4) is 5.75 Å². The smallest absolute Gasteiger partial charge is 0.407 e. The van der Waals surface area contributed by atoms with Gasteiger partial charge in [0.25, 0.3) is 10.0 Å². The number of ether oxygens (including phenoxy) is 2. The highest BCUT2D eigenvalue weighted by atomic mass is 32.2. The summed E-state index contributed by atoms with van der Waals surface area (Å²) in [5.41, 5.74) is 1.48. The number of carbonyl (C=O) groups is 1. The molecule has 0 aliphatic rings. The number of rotatable bonds is 6. The van der Waals surface area contributed by atoms with Gasteiger partial charge in [-0.05, 0) is 52.0 Å². The van der Waals surface area contributed by atoms with Crippen LogP contribution in [0.5, 0.6) is 5.75 Å². The summed E-state index contributed by atoms with van der Waals surface area (Å²) in [7, 11) is -2.54. The van der Waals surface area contributed by atoms with Crippen molar-refractivity contribution in [2.45, 2.75) is 51.3 Å². The van der Waals surface area contributed by atoms with E-state index in [-0.39, 0.29) is 18.0 Å². The standard InChI is InChI=1S/C23H28N2O6S/c1-15-6-8-19(9-7-15)32(28,29)25-18(13-24-22(27)31-23(2,3)4)11-16-10-17(14-26)21(30-5)12-20(16)25/h6-12,26H,13-14H2,1-5H3,(H,24,27). The van der Waals surface area contributed by atoms with Gasteiger partial charge in [-0.3, -0.25) is 0 Å². The first-order chi connectivity index (χ1) is 15.0. The fourth-order valence-corrected chi connectivity index (χ4v) is 4.86. The Kier molecular flexibility index (Phi) is 6.52. The molecule has 0 spiro atoms. The third-order valence-corrected chi connectivity index (χ3v) is 6.55. The van der Waals surface area contributed by atoms with Gasteiger partial charge in [0.2, 0.25) is 0 Å². The summed E-state index contributed by atoms with van der Waals surface area (Å²) in [4.78, 5) is 12.3. The predicted octanol–water partition coefficient (Wildman–Crippen LogP) is 3.71. The third-order valence-electron chi connectivity index (χ3n) is 4.77. The van der Waals surface area contributed by atoms with Crippen molar-refractivity contribution in [3.63, 3.8) is 0 Å². The molecule has 172 valence electrons. The minimum Gasteiger partial charge on any atom is -0.496 e. The quantitative estimate of drug-likeness (QED) is 0.581. The maximum absolute atomic E-state index is 13.6. The molecule has 0 aliphatic heterocycles. The van der Waals surface area contributed by atoms with Crippen molar-refractivity contribution in [2.75, 3.05) is 7.11 Å². The van der Waals surface area contributed by atoms with Gasteiger partial charge in [0.1, 0.15) is 11.4 Å².